The molecule has 1 aliphatic heterocycles. The van der Waals surface area contributed by atoms with E-state index >= 15 is 0 Å². The van der Waals surface area contributed by atoms with Crippen molar-refractivity contribution < 1.29 is 9.53 Å². The van der Waals surface area contributed by atoms with Crippen LogP contribution in [0.15, 0.2) is 18.2 Å². The van der Waals surface area contributed by atoms with Crippen molar-refractivity contribution in [1.29, 1.82) is 0 Å². The summed E-state index contributed by atoms with van der Waals surface area (Å²) in [5.41, 5.74) is 2.53. The topological polar surface area (TPSA) is 29.5 Å². The molecule has 0 saturated heterocycles. The minimum atomic E-state index is 0.201. The van der Waals surface area contributed by atoms with Gasteiger partial charge in [0.2, 0.25) is 0 Å². The number of hydrogen-bond donors (Lipinski definition) is 0. The second-order valence-corrected chi connectivity index (χ2v) is 4.41. The summed E-state index contributed by atoms with van der Waals surface area (Å²) in [5.74, 6) is 1.21. The average molecular weight is 219 g/mol. The molecule has 0 amide bonds. The summed E-state index contributed by atoms with van der Waals surface area (Å²) in [4.78, 5) is 13.0. The Balaban J connectivity index is 2.02. The van der Waals surface area contributed by atoms with Crippen molar-refractivity contribution in [2.45, 2.75) is 19.9 Å². The van der Waals surface area contributed by atoms with Crippen molar-refractivity contribution in [2.24, 2.45) is 0 Å². The lowest BCUT2D eigenvalue weighted by atomic mass is 10.1. The van der Waals surface area contributed by atoms with E-state index in [1.54, 1.807) is 6.92 Å². The van der Waals surface area contributed by atoms with Gasteiger partial charge in [-0.2, -0.15) is 0 Å². The van der Waals surface area contributed by atoms with Crippen LogP contribution in [0.4, 0.5) is 0 Å². The van der Waals surface area contributed by atoms with Crippen LogP contribution in [-0.2, 0) is 17.8 Å². The predicted octanol–water partition coefficient (Wildman–Crippen LogP) is 1.64. The number of fused-ring (bicyclic) bond motifs is 1. The maximum absolute atomic E-state index is 11.0. The smallest absolute Gasteiger partial charge is 0.143 e. The first kappa shape index (κ1) is 11.1. The Morgan fingerprint density at radius 3 is 3.06 bits per heavy atom. The van der Waals surface area contributed by atoms with E-state index in [0.29, 0.717) is 6.54 Å². The van der Waals surface area contributed by atoms with Gasteiger partial charge in [-0.25, -0.2) is 0 Å². The van der Waals surface area contributed by atoms with E-state index in [9.17, 15) is 4.79 Å². The summed E-state index contributed by atoms with van der Waals surface area (Å²) >= 11 is 0. The van der Waals surface area contributed by atoms with Crippen LogP contribution in [0.2, 0.25) is 0 Å². The van der Waals surface area contributed by atoms with E-state index < -0.39 is 0 Å². The van der Waals surface area contributed by atoms with E-state index in [1.165, 1.54) is 11.1 Å². The highest BCUT2D eigenvalue weighted by Crippen LogP contribution is 2.26. The highest BCUT2D eigenvalue weighted by Gasteiger charge is 2.12. The fraction of sp³-hybridized carbons (Fsp3) is 0.462. The molecular formula is C13H17NO2. The standard InChI is InChI=1S/C13H17NO2/c1-10(15)8-14(2)9-11-3-4-13-12(7-11)5-6-16-13/h3-4,7H,5-6,8-9H2,1-2H3. The Hall–Kier alpha value is -1.35. The molecule has 3 nitrogen and oxygen atoms in total. The molecule has 0 bridgehead atoms. The van der Waals surface area contributed by atoms with Gasteiger partial charge in [-0.1, -0.05) is 12.1 Å². The lowest BCUT2D eigenvalue weighted by Crippen LogP contribution is -2.23. The molecular weight excluding hydrogens is 202 g/mol. The Kier molecular flexibility index (Phi) is 3.25. The maximum atomic E-state index is 11.0. The number of benzene rings is 1. The van der Waals surface area contributed by atoms with Crippen LogP contribution in [0.3, 0.4) is 0 Å². The fourth-order valence-corrected chi connectivity index (χ4v) is 2.09. The molecule has 1 aromatic carbocycles. The van der Waals surface area contributed by atoms with Gasteiger partial charge < -0.3 is 4.74 Å². The minimum absolute atomic E-state index is 0.201. The molecule has 0 saturated carbocycles. The summed E-state index contributed by atoms with van der Waals surface area (Å²) in [6.07, 6.45) is 1.000. The van der Waals surface area contributed by atoms with Gasteiger partial charge in [0, 0.05) is 13.0 Å². The molecule has 1 aliphatic rings. The largest absolute Gasteiger partial charge is 0.493 e. The zero-order chi connectivity index (χ0) is 11.5. The number of ether oxygens (including phenoxy) is 1. The van der Waals surface area contributed by atoms with Crippen LogP contribution in [0, 0.1) is 0 Å². The molecule has 1 aromatic rings. The number of rotatable bonds is 4. The summed E-state index contributed by atoms with van der Waals surface area (Å²) in [5, 5.41) is 0. The molecule has 0 radical (unpaired) electrons. The third kappa shape index (κ3) is 2.61. The average Bonchev–Trinajstić information content (AvgIpc) is 2.63. The normalized spacial score (nSPS) is 13.7. The highest BCUT2D eigenvalue weighted by atomic mass is 16.5. The van der Waals surface area contributed by atoms with Crippen LogP contribution in [0.1, 0.15) is 18.1 Å². The SMILES string of the molecule is CC(=O)CN(C)Cc1ccc2c(c1)CCO2. The first-order valence-corrected chi connectivity index (χ1v) is 5.58. The quantitative estimate of drug-likeness (QED) is 0.771. The molecule has 0 aromatic heterocycles. The molecule has 3 heteroatoms. The van der Waals surface area contributed by atoms with Crippen molar-refractivity contribution in [3.8, 4) is 5.75 Å². The number of ketones is 1. The van der Waals surface area contributed by atoms with Crippen LogP contribution < -0.4 is 4.74 Å². The molecule has 1 heterocycles. The van der Waals surface area contributed by atoms with Gasteiger partial charge in [0.1, 0.15) is 11.5 Å². The lowest BCUT2D eigenvalue weighted by molar-refractivity contribution is -0.117. The van der Waals surface area contributed by atoms with Gasteiger partial charge >= 0.3 is 0 Å². The lowest BCUT2D eigenvalue weighted by Gasteiger charge is -2.15. The van der Waals surface area contributed by atoms with E-state index in [0.717, 1.165) is 25.3 Å². The second kappa shape index (κ2) is 4.66. The van der Waals surface area contributed by atoms with Crippen molar-refractivity contribution in [3.63, 3.8) is 0 Å². The Bertz CT molecular complexity index is 401. The Morgan fingerprint density at radius 1 is 1.50 bits per heavy atom. The van der Waals surface area contributed by atoms with Crippen LogP contribution in [-0.4, -0.2) is 30.9 Å². The summed E-state index contributed by atoms with van der Waals surface area (Å²) < 4.78 is 5.46. The minimum Gasteiger partial charge on any atom is -0.493 e. The first-order valence-electron chi connectivity index (χ1n) is 5.58. The summed E-state index contributed by atoms with van der Waals surface area (Å²) in [6, 6.07) is 6.28. The van der Waals surface area contributed by atoms with Crippen molar-refractivity contribution in [1.82, 2.24) is 4.90 Å². The third-order valence-corrected chi connectivity index (χ3v) is 2.70. The summed E-state index contributed by atoms with van der Waals surface area (Å²) in [6.45, 7) is 3.73. The van der Waals surface area contributed by atoms with Crippen LogP contribution in [0.5, 0.6) is 5.75 Å². The third-order valence-electron chi connectivity index (χ3n) is 2.70. The van der Waals surface area contributed by atoms with Crippen molar-refractivity contribution in [2.75, 3.05) is 20.2 Å². The fourth-order valence-electron chi connectivity index (χ4n) is 2.09. The monoisotopic (exact) mass is 219 g/mol. The Morgan fingerprint density at radius 2 is 2.31 bits per heavy atom. The molecule has 16 heavy (non-hydrogen) atoms. The zero-order valence-electron chi connectivity index (χ0n) is 9.82. The summed E-state index contributed by atoms with van der Waals surface area (Å²) in [7, 11) is 1.96. The van der Waals surface area contributed by atoms with E-state index in [4.69, 9.17) is 4.74 Å². The second-order valence-electron chi connectivity index (χ2n) is 4.41. The highest BCUT2D eigenvalue weighted by molar-refractivity contribution is 5.77. The molecule has 0 unspecified atom stereocenters. The number of carbonyl (C=O) groups excluding carboxylic acids is 1. The van der Waals surface area contributed by atoms with Gasteiger partial charge in [0.05, 0.1) is 13.2 Å². The van der Waals surface area contributed by atoms with E-state index in [2.05, 4.69) is 12.1 Å². The Labute approximate surface area is 96.0 Å². The van der Waals surface area contributed by atoms with E-state index in [1.807, 2.05) is 18.0 Å². The van der Waals surface area contributed by atoms with Gasteiger partial charge in [0.15, 0.2) is 0 Å². The number of likely N-dealkylation sites (N-methyl/N-ethyl adjacent to an activating group) is 1. The molecule has 0 spiro atoms. The van der Waals surface area contributed by atoms with Crippen LogP contribution in [0.25, 0.3) is 0 Å². The van der Waals surface area contributed by atoms with Gasteiger partial charge in [0.25, 0.3) is 0 Å². The molecule has 0 aliphatic carbocycles. The van der Waals surface area contributed by atoms with E-state index in [-0.39, 0.29) is 5.78 Å². The zero-order valence-corrected chi connectivity index (χ0v) is 9.82. The molecule has 0 N–H and O–H groups in total. The molecule has 2 rings (SSSR count). The maximum Gasteiger partial charge on any atom is 0.143 e. The molecule has 86 valence electrons. The first-order chi connectivity index (χ1) is 7.65. The molecule has 0 fully saturated rings. The van der Waals surface area contributed by atoms with Gasteiger partial charge in [-0.15, -0.1) is 0 Å². The predicted molar refractivity (Wildman–Crippen MR) is 62.7 cm³/mol. The van der Waals surface area contributed by atoms with Crippen LogP contribution >= 0.6 is 0 Å². The number of carbonyl (C=O) groups is 1. The molecule has 0 atom stereocenters. The van der Waals surface area contributed by atoms with Crippen molar-refractivity contribution >= 4 is 5.78 Å². The number of Topliss-reactive ketones (excluding diaryl/α,β-unsaturated/α-hetero) is 1. The van der Waals surface area contributed by atoms with Crippen molar-refractivity contribution in [3.05, 3.63) is 29.3 Å². The number of nitrogens with zero attached hydrogens (tertiary/aromatic N) is 1. The number of hydrogen-bond acceptors (Lipinski definition) is 3. The van der Waals surface area contributed by atoms with Gasteiger partial charge in [-0.05, 0) is 31.2 Å². The van der Waals surface area contributed by atoms with Gasteiger partial charge in [-0.3, -0.25) is 9.69 Å².